The smallest absolute Gasteiger partial charge is 0.193 e. The van der Waals surface area contributed by atoms with E-state index in [0.29, 0.717) is 35.1 Å². The predicted octanol–water partition coefficient (Wildman–Crippen LogP) is 7.89. The normalized spacial score (nSPS) is 13.5. The quantitative estimate of drug-likeness (QED) is 0.152. The lowest BCUT2D eigenvalue weighted by Crippen LogP contribution is -2.32. The van der Waals surface area contributed by atoms with E-state index in [4.69, 9.17) is 0 Å². The van der Waals surface area contributed by atoms with Gasteiger partial charge in [0.05, 0.1) is 0 Å². The van der Waals surface area contributed by atoms with E-state index < -0.39 is 16.6 Å². The SMILES string of the molecule is Cc1ccccc1C(=O)c1ccc2c(c1)C(Cc1ccc(C(=O)C(C)(C)O)cc1)(Cc1ccc(C(=O)C(C)(C)O)cc1)c1ccccc1-2. The molecule has 242 valence electrons. The van der Waals surface area contributed by atoms with E-state index in [0.717, 1.165) is 38.9 Å². The number of benzene rings is 5. The zero-order chi connectivity index (χ0) is 34.4. The molecule has 0 fully saturated rings. The first kappa shape index (κ1) is 33.0. The van der Waals surface area contributed by atoms with E-state index in [2.05, 4.69) is 18.2 Å². The minimum Gasteiger partial charge on any atom is -0.382 e. The van der Waals surface area contributed by atoms with Crippen molar-refractivity contribution in [3.8, 4) is 11.1 Å². The number of Topliss-reactive ketones (excluding diaryl/α,β-unsaturated/α-hetero) is 2. The van der Waals surface area contributed by atoms with Crippen LogP contribution in [0.15, 0.2) is 115 Å². The number of rotatable bonds is 10. The highest BCUT2D eigenvalue weighted by Gasteiger charge is 2.44. The molecule has 0 amide bonds. The lowest BCUT2D eigenvalue weighted by atomic mass is 9.69. The average Bonchev–Trinajstić information content (AvgIpc) is 3.32. The molecule has 0 aromatic heterocycles. The van der Waals surface area contributed by atoms with Gasteiger partial charge in [-0.2, -0.15) is 0 Å². The van der Waals surface area contributed by atoms with Crippen molar-refractivity contribution < 1.29 is 24.6 Å². The van der Waals surface area contributed by atoms with E-state index in [9.17, 15) is 24.6 Å². The van der Waals surface area contributed by atoms with E-state index in [1.165, 1.54) is 27.7 Å². The molecule has 48 heavy (non-hydrogen) atoms. The summed E-state index contributed by atoms with van der Waals surface area (Å²) in [7, 11) is 0. The van der Waals surface area contributed by atoms with Crippen molar-refractivity contribution in [2.75, 3.05) is 0 Å². The third kappa shape index (κ3) is 6.08. The van der Waals surface area contributed by atoms with Crippen LogP contribution >= 0.6 is 0 Å². The molecule has 1 aliphatic carbocycles. The van der Waals surface area contributed by atoms with Gasteiger partial charge in [-0.1, -0.05) is 109 Å². The molecule has 0 atom stereocenters. The van der Waals surface area contributed by atoms with Crippen LogP contribution in [0.2, 0.25) is 0 Å². The van der Waals surface area contributed by atoms with E-state index in [1.54, 1.807) is 24.3 Å². The van der Waals surface area contributed by atoms with Crippen LogP contribution in [0.25, 0.3) is 11.1 Å². The molecule has 0 unspecified atom stereocenters. The molecule has 0 saturated heterocycles. The zero-order valence-electron chi connectivity index (χ0n) is 28.0. The van der Waals surface area contributed by atoms with Crippen molar-refractivity contribution >= 4 is 17.3 Å². The summed E-state index contributed by atoms with van der Waals surface area (Å²) < 4.78 is 0. The van der Waals surface area contributed by atoms with E-state index in [1.807, 2.05) is 79.7 Å². The highest BCUT2D eigenvalue weighted by Crippen LogP contribution is 2.52. The molecule has 0 spiro atoms. The van der Waals surface area contributed by atoms with Crippen LogP contribution in [0.1, 0.15) is 92.1 Å². The Kier molecular flexibility index (Phi) is 8.40. The highest BCUT2D eigenvalue weighted by molar-refractivity contribution is 6.10. The molecule has 5 aromatic carbocycles. The van der Waals surface area contributed by atoms with Crippen LogP contribution in [0, 0.1) is 6.92 Å². The van der Waals surface area contributed by atoms with Gasteiger partial charge in [-0.25, -0.2) is 0 Å². The van der Waals surface area contributed by atoms with Gasteiger partial charge in [0.1, 0.15) is 11.2 Å². The maximum absolute atomic E-state index is 13.9. The molecule has 0 heterocycles. The van der Waals surface area contributed by atoms with Crippen LogP contribution in [-0.2, 0) is 18.3 Å². The molecule has 0 radical (unpaired) electrons. The third-order valence-corrected chi connectivity index (χ3v) is 9.48. The first-order chi connectivity index (χ1) is 22.7. The molecular weight excluding hydrogens is 596 g/mol. The second-order valence-corrected chi connectivity index (χ2v) is 14.1. The molecule has 5 nitrogen and oxygen atoms in total. The number of aryl methyl sites for hydroxylation is 1. The Hall–Kier alpha value is -4.97. The molecule has 0 bridgehead atoms. The third-order valence-electron chi connectivity index (χ3n) is 9.48. The van der Waals surface area contributed by atoms with Gasteiger partial charge >= 0.3 is 0 Å². The average molecular weight is 637 g/mol. The van der Waals surface area contributed by atoms with E-state index in [-0.39, 0.29) is 17.3 Å². The molecule has 5 heteroatoms. The first-order valence-electron chi connectivity index (χ1n) is 16.3. The summed E-state index contributed by atoms with van der Waals surface area (Å²) in [6.45, 7) is 7.89. The Balaban J connectivity index is 1.50. The van der Waals surface area contributed by atoms with Gasteiger partial charge in [-0.3, -0.25) is 14.4 Å². The van der Waals surface area contributed by atoms with Crippen molar-refractivity contribution in [1.82, 2.24) is 0 Å². The largest absolute Gasteiger partial charge is 0.382 e. The first-order valence-corrected chi connectivity index (χ1v) is 16.3. The van der Waals surface area contributed by atoms with Gasteiger partial charge in [-0.15, -0.1) is 0 Å². The minimum atomic E-state index is -1.48. The molecule has 2 N–H and O–H groups in total. The molecule has 0 aliphatic heterocycles. The second-order valence-electron chi connectivity index (χ2n) is 14.1. The summed E-state index contributed by atoms with van der Waals surface area (Å²) in [5.74, 6) is -0.731. The fourth-order valence-electron chi connectivity index (χ4n) is 6.97. The Morgan fingerprint density at radius 1 is 0.562 bits per heavy atom. The Bertz CT molecular complexity index is 1970. The molecule has 1 aliphatic rings. The summed E-state index contributed by atoms with van der Waals surface area (Å²) in [5, 5.41) is 20.6. The number of carbonyl (C=O) groups excluding carboxylic acids is 3. The lowest BCUT2D eigenvalue weighted by Gasteiger charge is -2.33. The summed E-state index contributed by atoms with van der Waals surface area (Å²) >= 11 is 0. The van der Waals surface area contributed by atoms with Crippen molar-refractivity contribution in [2.24, 2.45) is 0 Å². The lowest BCUT2D eigenvalue weighted by molar-refractivity contribution is 0.0487. The predicted molar refractivity (Wildman–Crippen MR) is 189 cm³/mol. The minimum absolute atomic E-state index is 0.0373. The zero-order valence-corrected chi connectivity index (χ0v) is 28.0. The number of carbonyl (C=O) groups is 3. The van der Waals surface area contributed by atoms with Crippen LogP contribution in [0.3, 0.4) is 0 Å². The number of aliphatic hydroxyl groups is 2. The highest BCUT2D eigenvalue weighted by atomic mass is 16.3. The van der Waals surface area contributed by atoms with Gasteiger partial charge < -0.3 is 10.2 Å². The van der Waals surface area contributed by atoms with Crippen LogP contribution in [0.5, 0.6) is 0 Å². The van der Waals surface area contributed by atoms with E-state index >= 15 is 0 Å². The van der Waals surface area contributed by atoms with Gasteiger partial charge in [0, 0.05) is 27.7 Å². The molecular formula is C43H40O5. The van der Waals surface area contributed by atoms with Crippen LogP contribution < -0.4 is 0 Å². The van der Waals surface area contributed by atoms with Gasteiger partial charge in [0.25, 0.3) is 0 Å². The van der Waals surface area contributed by atoms with Crippen molar-refractivity contribution in [2.45, 2.75) is 64.1 Å². The number of ketones is 3. The monoisotopic (exact) mass is 636 g/mol. The van der Waals surface area contributed by atoms with Crippen LogP contribution in [0.4, 0.5) is 0 Å². The maximum atomic E-state index is 13.9. The van der Waals surface area contributed by atoms with Crippen molar-refractivity contribution in [3.05, 3.63) is 165 Å². The van der Waals surface area contributed by atoms with Crippen molar-refractivity contribution in [3.63, 3.8) is 0 Å². The molecule has 6 rings (SSSR count). The Labute approximate surface area is 281 Å². The number of hydrogen-bond donors (Lipinski definition) is 2. The number of fused-ring (bicyclic) bond motifs is 3. The Morgan fingerprint density at radius 3 is 1.54 bits per heavy atom. The fourth-order valence-corrected chi connectivity index (χ4v) is 6.97. The standard InChI is InChI=1S/C43H40O5/c1-27-10-6-7-11-33(27)38(44)32-22-23-35-34-12-8-9-13-36(34)43(37(35)24-32,25-28-14-18-30(19-15-28)39(45)41(2,3)47)26-29-16-20-31(21-17-29)40(46)42(4,5)48/h6-24,47-48H,25-26H2,1-5H3. The topological polar surface area (TPSA) is 91.7 Å². The summed E-state index contributed by atoms with van der Waals surface area (Å²) in [4.78, 5) is 39.6. The van der Waals surface area contributed by atoms with Gasteiger partial charge in [0.15, 0.2) is 17.3 Å². The maximum Gasteiger partial charge on any atom is 0.193 e. The van der Waals surface area contributed by atoms with Crippen molar-refractivity contribution in [1.29, 1.82) is 0 Å². The second kappa shape index (κ2) is 12.2. The summed E-state index contributed by atoms with van der Waals surface area (Å²) in [6, 6.07) is 36.8. The van der Waals surface area contributed by atoms with Crippen LogP contribution in [-0.4, -0.2) is 38.8 Å². The Morgan fingerprint density at radius 2 is 1.02 bits per heavy atom. The fraction of sp³-hybridized carbons (Fsp3) is 0.233. The van der Waals surface area contributed by atoms with Gasteiger partial charge in [0.2, 0.25) is 0 Å². The summed E-state index contributed by atoms with van der Waals surface area (Å²) in [5.41, 5.74) is 5.83. The number of hydrogen-bond acceptors (Lipinski definition) is 5. The molecule has 5 aromatic rings. The molecule has 0 saturated carbocycles. The van der Waals surface area contributed by atoms with Gasteiger partial charge in [-0.05, 0) is 92.5 Å². The summed E-state index contributed by atoms with van der Waals surface area (Å²) in [6.07, 6.45) is 1.14.